The van der Waals surface area contributed by atoms with Crippen molar-refractivity contribution in [3.63, 3.8) is 0 Å². The SMILES string of the molecule is O=C(O)C1=CC2([N+](=O)[O-])CN(CCO)CC([N+](=O)[O-])(C1)C2. The number of nitrogens with zero attached hydrogens (tertiary/aromatic N) is 3. The molecule has 1 aliphatic heterocycles. The van der Waals surface area contributed by atoms with Crippen molar-refractivity contribution >= 4 is 5.97 Å². The maximum atomic E-state index is 11.4. The maximum absolute atomic E-state index is 11.4. The summed E-state index contributed by atoms with van der Waals surface area (Å²) in [6.07, 6.45) is 0.339. The number of fused-ring (bicyclic) bond motifs is 2. The number of nitro groups is 2. The first-order chi connectivity index (χ1) is 9.74. The Bertz CT molecular complexity index is 534. The molecule has 1 heterocycles. The Morgan fingerprint density at radius 3 is 2.48 bits per heavy atom. The summed E-state index contributed by atoms with van der Waals surface area (Å²) in [4.78, 5) is 34.2. The van der Waals surface area contributed by atoms with Crippen LogP contribution < -0.4 is 0 Å². The summed E-state index contributed by atoms with van der Waals surface area (Å²) in [5.41, 5.74) is -3.80. The molecule has 2 rings (SSSR count). The number of aliphatic carboxylic acids is 1. The molecule has 10 heteroatoms. The molecule has 0 aromatic carbocycles. The van der Waals surface area contributed by atoms with E-state index in [1.807, 2.05) is 0 Å². The van der Waals surface area contributed by atoms with Gasteiger partial charge in [0.15, 0.2) is 0 Å². The van der Waals surface area contributed by atoms with Gasteiger partial charge in [0.05, 0.1) is 32.5 Å². The number of β-amino-alcohol motifs (C(OH)–C–C–N with tert-alkyl or cyclic N) is 1. The largest absolute Gasteiger partial charge is 0.478 e. The standard InChI is InChI=1S/C11H15N3O7/c15-2-1-12-6-10(13(18)19)3-8(9(16)17)4-11(5-10,7-12)14(20)21/h3,15H,1-2,4-7H2,(H,16,17). The summed E-state index contributed by atoms with van der Waals surface area (Å²) in [7, 11) is 0. The quantitative estimate of drug-likeness (QED) is 0.492. The van der Waals surface area contributed by atoms with Gasteiger partial charge in [0.1, 0.15) is 0 Å². The zero-order valence-electron chi connectivity index (χ0n) is 11.1. The van der Waals surface area contributed by atoms with Crippen LogP contribution in [0.4, 0.5) is 0 Å². The lowest BCUT2D eigenvalue weighted by molar-refractivity contribution is -0.619. The fraction of sp³-hybridized carbons (Fsp3) is 0.727. The number of piperidine rings is 1. The van der Waals surface area contributed by atoms with Gasteiger partial charge in [-0.15, -0.1) is 0 Å². The number of hydrogen-bond donors (Lipinski definition) is 2. The fourth-order valence-corrected chi connectivity index (χ4v) is 3.28. The first-order valence-electron chi connectivity index (χ1n) is 6.32. The second-order valence-corrected chi connectivity index (χ2v) is 5.60. The fourth-order valence-electron chi connectivity index (χ4n) is 3.28. The molecule has 2 bridgehead atoms. The molecule has 1 aliphatic carbocycles. The van der Waals surface area contributed by atoms with Crippen LogP contribution in [0.25, 0.3) is 0 Å². The van der Waals surface area contributed by atoms with Crippen LogP contribution in [0.5, 0.6) is 0 Å². The van der Waals surface area contributed by atoms with E-state index in [1.165, 1.54) is 4.90 Å². The molecule has 1 saturated heterocycles. The molecule has 2 aliphatic rings. The minimum atomic E-state index is -1.80. The average Bonchev–Trinajstić information content (AvgIpc) is 2.37. The van der Waals surface area contributed by atoms with Crippen LogP contribution in [0.2, 0.25) is 0 Å². The van der Waals surface area contributed by atoms with Crippen molar-refractivity contribution < 1.29 is 24.9 Å². The summed E-state index contributed by atoms with van der Waals surface area (Å²) in [5.74, 6) is -1.37. The Kier molecular flexibility index (Phi) is 3.68. The van der Waals surface area contributed by atoms with Gasteiger partial charge in [-0.3, -0.25) is 25.1 Å². The minimum absolute atomic E-state index is 0.0709. The van der Waals surface area contributed by atoms with Crippen molar-refractivity contribution in [1.29, 1.82) is 0 Å². The van der Waals surface area contributed by atoms with Crippen molar-refractivity contribution in [2.45, 2.75) is 23.9 Å². The summed E-state index contributed by atoms with van der Waals surface area (Å²) in [6, 6.07) is 0. The summed E-state index contributed by atoms with van der Waals surface area (Å²) in [5, 5.41) is 40.9. The van der Waals surface area contributed by atoms with Crippen LogP contribution in [0, 0.1) is 20.2 Å². The van der Waals surface area contributed by atoms with Gasteiger partial charge in [-0.05, 0) is 0 Å². The Balaban J connectivity index is 2.53. The van der Waals surface area contributed by atoms with Crippen molar-refractivity contribution in [1.82, 2.24) is 4.90 Å². The molecular formula is C11H15N3O7. The third-order valence-electron chi connectivity index (χ3n) is 4.05. The third kappa shape index (κ3) is 2.47. The highest BCUT2D eigenvalue weighted by molar-refractivity contribution is 5.87. The maximum Gasteiger partial charge on any atom is 0.331 e. The van der Waals surface area contributed by atoms with Gasteiger partial charge in [0.2, 0.25) is 5.54 Å². The highest BCUT2D eigenvalue weighted by Crippen LogP contribution is 2.43. The van der Waals surface area contributed by atoms with Gasteiger partial charge in [0.25, 0.3) is 5.54 Å². The van der Waals surface area contributed by atoms with Gasteiger partial charge >= 0.3 is 5.97 Å². The number of rotatable bonds is 5. The Morgan fingerprint density at radius 1 is 1.33 bits per heavy atom. The Morgan fingerprint density at radius 2 is 2.00 bits per heavy atom. The molecule has 0 spiro atoms. The van der Waals surface area contributed by atoms with E-state index in [-0.39, 0.29) is 44.7 Å². The monoisotopic (exact) mass is 301 g/mol. The van der Waals surface area contributed by atoms with Gasteiger partial charge in [-0.25, -0.2) is 4.79 Å². The van der Waals surface area contributed by atoms with Gasteiger partial charge in [-0.1, -0.05) is 0 Å². The number of carbonyl (C=O) groups is 1. The third-order valence-corrected chi connectivity index (χ3v) is 4.05. The molecule has 0 aromatic heterocycles. The van der Waals surface area contributed by atoms with Gasteiger partial charge < -0.3 is 10.2 Å². The lowest BCUT2D eigenvalue weighted by Gasteiger charge is -2.44. The van der Waals surface area contributed by atoms with E-state index in [1.54, 1.807) is 0 Å². The second kappa shape index (κ2) is 5.04. The van der Waals surface area contributed by atoms with E-state index < -0.39 is 26.9 Å². The highest BCUT2D eigenvalue weighted by atomic mass is 16.6. The second-order valence-electron chi connectivity index (χ2n) is 5.60. The number of hydrogen-bond acceptors (Lipinski definition) is 7. The predicted octanol–water partition coefficient (Wildman–Crippen LogP) is -0.870. The van der Waals surface area contributed by atoms with Crippen molar-refractivity contribution in [3.05, 3.63) is 31.9 Å². The highest BCUT2D eigenvalue weighted by Gasteiger charge is 2.64. The summed E-state index contributed by atoms with van der Waals surface area (Å²) in [6.45, 7) is -0.466. The number of likely N-dealkylation sites (tertiary alicyclic amines) is 1. The van der Waals surface area contributed by atoms with E-state index in [0.29, 0.717) is 0 Å². The first-order valence-corrected chi connectivity index (χ1v) is 6.32. The molecule has 10 nitrogen and oxygen atoms in total. The van der Waals surface area contributed by atoms with E-state index in [2.05, 4.69) is 0 Å². The number of aliphatic hydroxyl groups is 1. The minimum Gasteiger partial charge on any atom is -0.478 e. The molecule has 116 valence electrons. The molecule has 21 heavy (non-hydrogen) atoms. The summed E-state index contributed by atoms with van der Waals surface area (Å²) >= 11 is 0. The van der Waals surface area contributed by atoms with Crippen LogP contribution in [0.3, 0.4) is 0 Å². The molecule has 0 aromatic rings. The molecule has 0 saturated carbocycles. The van der Waals surface area contributed by atoms with E-state index in [9.17, 15) is 25.0 Å². The molecule has 0 amide bonds. The van der Waals surface area contributed by atoms with Crippen molar-refractivity contribution in [2.75, 3.05) is 26.2 Å². The topological polar surface area (TPSA) is 147 Å². The summed E-state index contributed by atoms with van der Waals surface area (Å²) < 4.78 is 0. The first kappa shape index (κ1) is 15.3. The number of carboxylic acid groups (broad SMARTS) is 1. The molecule has 2 N–H and O–H groups in total. The number of carboxylic acids is 1. The molecule has 2 unspecified atom stereocenters. The van der Waals surface area contributed by atoms with Crippen LogP contribution in [-0.4, -0.2) is 68.2 Å². The van der Waals surface area contributed by atoms with E-state index >= 15 is 0 Å². The average molecular weight is 301 g/mol. The zero-order chi connectivity index (χ0) is 15.8. The van der Waals surface area contributed by atoms with Gasteiger partial charge in [-0.2, -0.15) is 0 Å². The molecule has 0 radical (unpaired) electrons. The lowest BCUT2D eigenvalue weighted by Crippen LogP contribution is -2.67. The normalized spacial score (nSPS) is 32.3. The molecule has 1 fully saturated rings. The van der Waals surface area contributed by atoms with Crippen LogP contribution in [0.15, 0.2) is 11.6 Å². The molecule has 2 atom stereocenters. The number of aliphatic hydroxyl groups excluding tert-OH is 1. The predicted molar refractivity (Wildman–Crippen MR) is 67.9 cm³/mol. The van der Waals surface area contributed by atoms with Crippen molar-refractivity contribution in [2.24, 2.45) is 0 Å². The van der Waals surface area contributed by atoms with Gasteiger partial charge in [0, 0.05) is 28.0 Å². The zero-order valence-corrected chi connectivity index (χ0v) is 11.1. The van der Waals surface area contributed by atoms with E-state index in [0.717, 1.165) is 6.08 Å². The molecular weight excluding hydrogens is 286 g/mol. The lowest BCUT2D eigenvalue weighted by atomic mass is 9.69. The Hall–Kier alpha value is -2.07. The smallest absolute Gasteiger partial charge is 0.331 e. The van der Waals surface area contributed by atoms with Crippen LogP contribution in [-0.2, 0) is 4.79 Å². The Labute approximate surface area is 119 Å². The van der Waals surface area contributed by atoms with Crippen LogP contribution in [0.1, 0.15) is 12.8 Å². The van der Waals surface area contributed by atoms with Crippen molar-refractivity contribution in [3.8, 4) is 0 Å². The van der Waals surface area contributed by atoms with E-state index in [4.69, 9.17) is 10.2 Å². The van der Waals surface area contributed by atoms with Crippen LogP contribution >= 0.6 is 0 Å².